The molecule has 28 heavy (non-hydrogen) atoms. The summed E-state index contributed by atoms with van der Waals surface area (Å²) in [6.45, 7) is 1.03. The van der Waals surface area contributed by atoms with Crippen molar-refractivity contribution >= 4 is 23.8 Å². The molecule has 5 amide bonds. The number of benzene rings is 1. The second kappa shape index (κ2) is 8.73. The number of imide groups is 1. The van der Waals surface area contributed by atoms with Crippen molar-refractivity contribution in [2.45, 2.75) is 25.3 Å². The molecule has 0 aromatic heterocycles. The predicted molar refractivity (Wildman–Crippen MR) is 102 cm³/mol. The number of likely N-dealkylation sites (N-methyl/N-ethyl adjacent to an activating group) is 1. The molecule has 0 bridgehead atoms. The van der Waals surface area contributed by atoms with E-state index in [1.807, 2.05) is 24.3 Å². The number of nitrogens with zero attached hydrogens (tertiary/aromatic N) is 2. The molecule has 0 saturated carbocycles. The topological polar surface area (TPSA) is 108 Å². The van der Waals surface area contributed by atoms with Crippen molar-refractivity contribution in [3.63, 3.8) is 0 Å². The van der Waals surface area contributed by atoms with Gasteiger partial charge in [-0.1, -0.05) is 12.1 Å². The molecule has 152 valence electrons. The predicted octanol–water partition coefficient (Wildman–Crippen LogP) is 0.143. The fourth-order valence-corrected chi connectivity index (χ4v) is 2.78. The van der Waals surface area contributed by atoms with Crippen LogP contribution >= 0.6 is 0 Å². The second-order valence-electron chi connectivity index (χ2n) is 7.07. The third kappa shape index (κ3) is 4.99. The Morgan fingerprint density at radius 3 is 2.43 bits per heavy atom. The molecule has 9 nitrogen and oxygen atoms in total. The second-order valence-corrected chi connectivity index (χ2v) is 7.07. The van der Waals surface area contributed by atoms with Crippen molar-refractivity contribution in [1.82, 2.24) is 20.4 Å². The van der Waals surface area contributed by atoms with E-state index in [9.17, 15) is 19.2 Å². The number of methoxy groups -OCH3 is 1. The van der Waals surface area contributed by atoms with Gasteiger partial charge in [-0.3, -0.25) is 19.3 Å². The third-order valence-corrected chi connectivity index (χ3v) is 4.66. The average Bonchev–Trinajstić information content (AvgIpc) is 2.88. The van der Waals surface area contributed by atoms with Crippen LogP contribution in [-0.2, 0) is 20.8 Å². The summed E-state index contributed by atoms with van der Waals surface area (Å²) in [5.74, 6) is -0.571. The summed E-state index contributed by atoms with van der Waals surface area (Å²) in [5, 5.41) is 5.08. The van der Waals surface area contributed by atoms with E-state index in [0.29, 0.717) is 12.8 Å². The number of rotatable bonds is 8. The monoisotopic (exact) mass is 390 g/mol. The first-order valence-electron chi connectivity index (χ1n) is 8.90. The summed E-state index contributed by atoms with van der Waals surface area (Å²) in [6.07, 6.45) is 0.963. The number of carbonyl (C=O) groups excluding carboxylic acids is 4. The van der Waals surface area contributed by atoms with Gasteiger partial charge in [-0.05, 0) is 37.5 Å². The van der Waals surface area contributed by atoms with Crippen molar-refractivity contribution in [3.8, 4) is 5.75 Å². The standard InChI is InChI=1S/C19H26N4O5/c1-19(10-9-13-5-7-14(28-4)8-6-13)17(26)23(18(27)21-19)12-15(24)20-11-16(25)22(2)3/h5-8H,9-12H2,1-4H3,(H,20,24)(H,21,27)/t19-/m0/s1. The van der Waals surface area contributed by atoms with Crippen LogP contribution in [0.1, 0.15) is 18.9 Å². The van der Waals surface area contributed by atoms with E-state index in [0.717, 1.165) is 16.2 Å². The Morgan fingerprint density at radius 1 is 1.21 bits per heavy atom. The van der Waals surface area contributed by atoms with Crippen LogP contribution in [0.25, 0.3) is 0 Å². The number of ether oxygens (including phenoxy) is 1. The van der Waals surface area contributed by atoms with Gasteiger partial charge in [-0.2, -0.15) is 0 Å². The molecular formula is C19H26N4O5. The smallest absolute Gasteiger partial charge is 0.325 e. The summed E-state index contributed by atoms with van der Waals surface area (Å²) in [5.41, 5.74) is -0.0843. The Labute approximate surface area is 164 Å². The molecule has 1 fully saturated rings. The summed E-state index contributed by atoms with van der Waals surface area (Å²) in [6, 6.07) is 6.85. The number of carbonyl (C=O) groups is 4. The highest BCUT2D eigenvalue weighted by Crippen LogP contribution is 2.23. The Bertz CT molecular complexity index is 762. The Morgan fingerprint density at radius 2 is 1.86 bits per heavy atom. The third-order valence-electron chi connectivity index (χ3n) is 4.66. The molecule has 0 radical (unpaired) electrons. The lowest BCUT2D eigenvalue weighted by molar-refractivity contribution is -0.135. The molecule has 1 aliphatic rings. The van der Waals surface area contributed by atoms with E-state index in [1.165, 1.54) is 4.90 Å². The Balaban J connectivity index is 1.93. The minimum Gasteiger partial charge on any atom is -0.497 e. The average molecular weight is 390 g/mol. The first-order valence-corrected chi connectivity index (χ1v) is 8.90. The molecule has 0 spiro atoms. The van der Waals surface area contributed by atoms with Crippen LogP contribution in [0.3, 0.4) is 0 Å². The minimum atomic E-state index is -1.09. The zero-order valence-electron chi connectivity index (χ0n) is 16.6. The van der Waals surface area contributed by atoms with E-state index in [2.05, 4.69) is 10.6 Å². The van der Waals surface area contributed by atoms with Gasteiger partial charge in [0.15, 0.2) is 0 Å². The fraction of sp³-hybridized carbons (Fsp3) is 0.474. The maximum Gasteiger partial charge on any atom is 0.325 e. The van der Waals surface area contributed by atoms with Gasteiger partial charge in [-0.15, -0.1) is 0 Å². The largest absolute Gasteiger partial charge is 0.497 e. The maximum atomic E-state index is 12.7. The number of aryl methyl sites for hydroxylation is 1. The van der Waals surface area contributed by atoms with Gasteiger partial charge in [0.1, 0.15) is 17.8 Å². The molecule has 1 saturated heterocycles. The molecule has 2 rings (SSSR count). The highest BCUT2D eigenvalue weighted by atomic mass is 16.5. The van der Waals surface area contributed by atoms with Gasteiger partial charge in [0.05, 0.1) is 13.7 Å². The molecule has 0 unspecified atom stereocenters. The van der Waals surface area contributed by atoms with Crippen LogP contribution in [0.2, 0.25) is 0 Å². The van der Waals surface area contributed by atoms with E-state index in [4.69, 9.17) is 4.74 Å². The van der Waals surface area contributed by atoms with Crippen molar-refractivity contribution in [1.29, 1.82) is 0 Å². The summed E-state index contributed by atoms with van der Waals surface area (Å²) in [4.78, 5) is 50.6. The van der Waals surface area contributed by atoms with E-state index in [1.54, 1.807) is 28.1 Å². The Hall–Kier alpha value is -3.10. The molecule has 1 aromatic rings. The molecule has 1 aliphatic heterocycles. The van der Waals surface area contributed by atoms with Gasteiger partial charge >= 0.3 is 6.03 Å². The van der Waals surface area contributed by atoms with E-state index < -0.39 is 29.9 Å². The van der Waals surface area contributed by atoms with Crippen LogP contribution in [0, 0.1) is 0 Å². The molecule has 0 aliphatic carbocycles. The van der Waals surface area contributed by atoms with Crippen molar-refractivity contribution in [3.05, 3.63) is 29.8 Å². The first-order chi connectivity index (χ1) is 13.2. The van der Waals surface area contributed by atoms with Gasteiger partial charge in [0, 0.05) is 14.1 Å². The summed E-state index contributed by atoms with van der Waals surface area (Å²) in [7, 11) is 4.73. The lowest BCUT2D eigenvalue weighted by atomic mass is 9.93. The SMILES string of the molecule is COc1ccc(CC[C@]2(C)NC(=O)N(CC(=O)NCC(=O)N(C)C)C2=O)cc1. The van der Waals surface area contributed by atoms with Gasteiger partial charge in [-0.25, -0.2) is 4.79 Å². The summed E-state index contributed by atoms with van der Waals surface area (Å²) < 4.78 is 5.12. The van der Waals surface area contributed by atoms with Crippen LogP contribution in [0.4, 0.5) is 4.79 Å². The maximum absolute atomic E-state index is 12.7. The fourth-order valence-electron chi connectivity index (χ4n) is 2.78. The summed E-state index contributed by atoms with van der Waals surface area (Å²) >= 11 is 0. The Kier molecular flexibility index (Phi) is 6.61. The molecule has 1 heterocycles. The molecular weight excluding hydrogens is 364 g/mol. The van der Waals surface area contributed by atoms with Crippen molar-refractivity contribution < 1.29 is 23.9 Å². The zero-order chi connectivity index (χ0) is 20.9. The highest BCUT2D eigenvalue weighted by Gasteiger charge is 2.47. The van der Waals surface area contributed by atoms with E-state index in [-0.39, 0.29) is 12.5 Å². The quantitative estimate of drug-likeness (QED) is 0.614. The molecule has 1 atom stereocenters. The van der Waals surface area contributed by atoms with Crippen molar-refractivity contribution in [2.24, 2.45) is 0 Å². The molecule has 1 aromatic carbocycles. The zero-order valence-corrected chi connectivity index (χ0v) is 16.6. The van der Waals surface area contributed by atoms with Gasteiger partial charge in [0.2, 0.25) is 11.8 Å². The number of hydrogen-bond acceptors (Lipinski definition) is 5. The van der Waals surface area contributed by atoms with Crippen LogP contribution in [0.15, 0.2) is 24.3 Å². The lowest BCUT2D eigenvalue weighted by Crippen LogP contribution is -2.46. The number of nitrogens with one attached hydrogen (secondary N) is 2. The minimum absolute atomic E-state index is 0.190. The van der Waals surface area contributed by atoms with Gasteiger partial charge in [0.25, 0.3) is 5.91 Å². The van der Waals surface area contributed by atoms with Crippen LogP contribution in [-0.4, -0.2) is 73.4 Å². The van der Waals surface area contributed by atoms with E-state index >= 15 is 0 Å². The first kappa shape index (κ1) is 21.2. The lowest BCUT2D eigenvalue weighted by Gasteiger charge is -2.21. The van der Waals surface area contributed by atoms with Crippen LogP contribution < -0.4 is 15.4 Å². The number of urea groups is 1. The molecule has 9 heteroatoms. The number of amides is 5. The number of hydrogen-bond donors (Lipinski definition) is 2. The van der Waals surface area contributed by atoms with Gasteiger partial charge < -0.3 is 20.3 Å². The normalized spacial score (nSPS) is 18.6. The highest BCUT2D eigenvalue weighted by molar-refractivity contribution is 6.08. The van der Waals surface area contributed by atoms with Crippen LogP contribution in [0.5, 0.6) is 5.75 Å². The van der Waals surface area contributed by atoms with Crippen molar-refractivity contribution in [2.75, 3.05) is 34.3 Å². The molecule has 2 N–H and O–H groups in total.